The first-order valence-electron chi connectivity index (χ1n) is 5.44. The van der Waals surface area contributed by atoms with E-state index in [1.54, 1.807) is 18.3 Å². The molecule has 2 unspecified atom stereocenters. The molecule has 1 heterocycles. The minimum Gasteiger partial charge on any atom is -0.346 e. The van der Waals surface area contributed by atoms with Gasteiger partial charge in [-0.3, -0.25) is 9.13 Å². The van der Waals surface area contributed by atoms with Crippen molar-refractivity contribution in [2.24, 2.45) is 0 Å². The first-order valence-corrected chi connectivity index (χ1v) is 8.77. The Bertz CT molecular complexity index is 428. The normalized spacial score (nSPS) is 16.1. The second kappa shape index (κ2) is 7.77. The zero-order chi connectivity index (χ0) is 13.4. The molecule has 0 aliphatic rings. The molecule has 0 aliphatic heterocycles. The third-order valence-corrected chi connectivity index (χ3v) is 4.36. The lowest BCUT2D eigenvalue weighted by Crippen LogP contribution is -2.02. The summed E-state index contributed by atoms with van der Waals surface area (Å²) in [6.07, 6.45) is 2.08. The van der Waals surface area contributed by atoms with E-state index in [4.69, 9.17) is 9.42 Å². The third-order valence-electron chi connectivity index (χ3n) is 2.11. The standard InChI is InChI=1S/C9H16N2O5P2/c12-17(13)7-2-8-18(14,15)16-6-4-9-3-1-5-10-11-9/h1,3,5,17H,2,4,6-8H2,(H,12,13)(H,14,15). The highest BCUT2D eigenvalue weighted by Gasteiger charge is 2.18. The minimum absolute atomic E-state index is 0.0444. The van der Waals surface area contributed by atoms with Gasteiger partial charge in [0.25, 0.3) is 0 Å². The van der Waals surface area contributed by atoms with Crippen LogP contribution >= 0.6 is 15.6 Å². The predicted octanol–water partition coefficient (Wildman–Crippen LogP) is 1.08. The van der Waals surface area contributed by atoms with E-state index in [2.05, 4.69) is 10.2 Å². The first kappa shape index (κ1) is 15.5. The molecule has 0 saturated heterocycles. The molecule has 0 bridgehead atoms. The number of rotatable bonds is 8. The van der Waals surface area contributed by atoms with Gasteiger partial charge in [-0.25, -0.2) is 0 Å². The molecule has 2 atom stereocenters. The van der Waals surface area contributed by atoms with Gasteiger partial charge in [-0.15, -0.1) is 0 Å². The molecule has 18 heavy (non-hydrogen) atoms. The van der Waals surface area contributed by atoms with Crippen LogP contribution in [0.1, 0.15) is 12.1 Å². The molecule has 9 heteroatoms. The van der Waals surface area contributed by atoms with Gasteiger partial charge in [0.15, 0.2) is 8.03 Å². The molecule has 0 aliphatic carbocycles. The Balaban J connectivity index is 2.25. The fourth-order valence-electron chi connectivity index (χ4n) is 1.25. The van der Waals surface area contributed by atoms with E-state index in [0.29, 0.717) is 12.1 Å². The van der Waals surface area contributed by atoms with Crippen LogP contribution in [0.5, 0.6) is 0 Å². The quantitative estimate of drug-likeness (QED) is 0.690. The van der Waals surface area contributed by atoms with Crippen LogP contribution in [-0.2, 0) is 20.1 Å². The predicted molar refractivity (Wildman–Crippen MR) is 67.1 cm³/mol. The van der Waals surface area contributed by atoms with Crippen molar-refractivity contribution in [1.82, 2.24) is 10.2 Å². The van der Waals surface area contributed by atoms with Crippen molar-refractivity contribution in [3.8, 4) is 0 Å². The van der Waals surface area contributed by atoms with Crippen molar-refractivity contribution in [2.45, 2.75) is 12.8 Å². The largest absolute Gasteiger partial charge is 0.346 e. The average Bonchev–Trinajstić information content (AvgIpc) is 2.29. The molecule has 0 spiro atoms. The molecule has 102 valence electrons. The zero-order valence-corrected chi connectivity index (χ0v) is 11.6. The van der Waals surface area contributed by atoms with Gasteiger partial charge >= 0.3 is 7.60 Å². The summed E-state index contributed by atoms with van der Waals surface area (Å²) < 4.78 is 26.8. The molecular weight excluding hydrogens is 278 g/mol. The van der Waals surface area contributed by atoms with Crippen LogP contribution in [0.15, 0.2) is 18.3 Å². The lowest BCUT2D eigenvalue weighted by Gasteiger charge is -2.11. The van der Waals surface area contributed by atoms with Gasteiger partial charge in [0.1, 0.15) is 0 Å². The molecule has 2 N–H and O–H groups in total. The molecule has 0 amide bonds. The summed E-state index contributed by atoms with van der Waals surface area (Å²) in [4.78, 5) is 18.0. The molecule has 0 saturated carbocycles. The summed E-state index contributed by atoms with van der Waals surface area (Å²) in [5.74, 6) is 0. The van der Waals surface area contributed by atoms with E-state index in [0.717, 1.165) is 0 Å². The maximum atomic E-state index is 11.5. The lowest BCUT2D eigenvalue weighted by atomic mass is 10.3. The molecule has 0 fully saturated rings. The van der Waals surface area contributed by atoms with Crippen molar-refractivity contribution in [3.05, 3.63) is 24.0 Å². The average molecular weight is 294 g/mol. The lowest BCUT2D eigenvalue weighted by molar-refractivity contribution is 0.261. The number of hydrogen-bond donors (Lipinski definition) is 2. The van der Waals surface area contributed by atoms with E-state index in [1.807, 2.05) is 0 Å². The third kappa shape index (κ3) is 6.99. The molecule has 1 rings (SSSR count). The summed E-state index contributed by atoms with van der Waals surface area (Å²) in [5, 5.41) is 7.48. The Labute approximate surface area is 106 Å². The summed E-state index contributed by atoms with van der Waals surface area (Å²) in [5.41, 5.74) is 0.679. The van der Waals surface area contributed by atoms with Crippen molar-refractivity contribution >= 4 is 15.6 Å². The van der Waals surface area contributed by atoms with E-state index in [1.165, 1.54) is 0 Å². The maximum Gasteiger partial charge on any atom is 0.328 e. The zero-order valence-electron chi connectivity index (χ0n) is 9.73. The van der Waals surface area contributed by atoms with Crippen molar-refractivity contribution < 1.29 is 23.4 Å². The fraction of sp³-hybridized carbons (Fsp3) is 0.556. The van der Waals surface area contributed by atoms with Crippen molar-refractivity contribution in [2.75, 3.05) is 18.9 Å². The highest BCUT2D eigenvalue weighted by atomic mass is 31.2. The van der Waals surface area contributed by atoms with Crippen molar-refractivity contribution in [1.29, 1.82) is 0 Å². The fourth-order valence-corrected chi connectivity index (χ4v) is 3.09. The Morgan fingerprint density at radius 3 is 2.89 bits per heavy atom. The van der Waals surface area contributed by atoms with Crippen LogP contribution < -0.4 is 0 Å². The van der Waals surface area contributed by atoms with E-state index in [-0.39, 0.29) is 25.4 Å². The van der Waals surface area contributed by atoms with Crippen molar-refractivity contribution in [3.63, 3.8) is 0 Å². The smallest absolute Gasteiger partial charge is 0.328 e. The van der Waals surface area contributed by atoms with E-state index < -0.39 is 15.6 Å². The number of nitrogens with zero attached hydrogens (tertiary/aromatic N) is 2. The molecule has 0 aromatic carbocycles. The van der Waals surface area contributed by atoms with Gasteiger partial charge in [-0.1, -0.05) is 0 Å². The van der Waals surface area contributed by atoms with Gasteiger partial charge in [-0.2, -0.15) is 10.2 Å². The highest BCUT2D eigenvalue weighted by molar-refractivity contribution is 7.52. The molecule has 1 aromatic heterocycles. The minimum atomic E-state index is -3.67. The highest BCUT2D eigenvalue weighted by Crippen LogP contribution is 2.43. The van der Waals surface area contributed by atoms with Crippen LogP contribution in [-0.4, -0.2) is 38.9 Å². The van der Waals surface area contributed by atoms with Gasteiger partial charge < -0.3 is 14.3 Å². The summed E-state index contributed by atoms with van der Waals surface area (Å²) >= 11 is 0. The van der Waals surface area contributed by atoms with Crippen LogP contribution in [0.4, 0.5) is 0 Å². The van der Waals surface area contributed by atoms with Gasteiger partial charge in [0.2, 0.25) is 0 Å². The number of aromatic nitrogens is 2. The van der Waals surface area contributed by atoms with Gasteiger partial charge in [0, 0.05) is 18.8 Å². The summed E-state index contributed by atoms with van der Waals surface area (Å²) in [6, 6.07) is 3.47. The second-order valence-corrected chi connectivity index (χ2v) is 6.92. The molecular formula is C9H16N2O5P2. The van der Waals surface area contributed by atoms with Gasteiger partial charge in [-0.05, 0) is 18.6 Å². The van der Waals surface area contributed by atoms with E-state index in [9.17, 15) is 14.0 Å². The molecule has 1 aromatic rings. The van der Waals surface area contributed by atoms with E-state index >= 15 is 0 Å². The molecule has 0 radical (unpaired) electrons. The topological polar surface area (TPSA) is 110 Å². The Morgan fingerprint density at radius 1 is 1.50 bits per heavy atom. The maximum absolute atomic E-state index is 11.5. The number of hydrogen-bond acceptors (Lipinski definition) is 5. The molecule has 7 nitrogen and oxygen atoms in total. The summed E-state index contributed by atoms with van der Waals surface area (Å²) in [7, 11) is -6.24. The second-order valence-electron chi connectivity index (χ2n) is 3.66. The SMILES string of the molecule is O=[PH](O)CCCP(=O)(O)OCCc1cccnn1. The summed E-state index contributed by atoms with van der Waals surface area (Å²) in [6.45, 7) is 0.0702. The van der Waals surface area contributed by atoms with Crippen LogP contribution in [0.3, 0.4) is 0 Å². The first-order chi connectivity index (χ1) is 8.49. The Hall–Kier alpha value is -0.580. The van der Waals surface area contributed by atoms with Crippen LogP contribution in [0.25, 0.3) is 0 Å². The van der Waals surface area contributed by atoms with Crippen LogP contribution in [0, 0.1) is 0 Å². The van der Waals surface area contributed by atoms with Gasteiger partial charge in [0.05, 0.1) is 18.5 Å². The monoisotopic (exact) mass is 294 g/mol. The Kier molecular flexibility index (Phi) is 6.68. The Morgan fingerprint density at radius 2 is 2.28 bits per heavy atom. The van der Waals surface area contributed by atoms with Crippen LogP contribution in [0.2, 0.25) is 0 Å².